The zero-order chi connectivity index (χ0) is 21.1. The van der Waals surface area contributed by atoms with Gasteiger partial charge < -0.3 is 10.1 Å². The number of anilines is 1. The third kappa shape index (κ3) is 4.51. The Balaban J connectivity index is 1.51. The Bertz CT molecular complexity index is 974. The summed E-state index contributed by atoms with van der Waals surface area (Å²) in [4.78, 5) is 36.1. The number of ether oxygens (including phenoxy) is 1. The maximum atomic E-state index is 12.5. The first kappa shape index (κ1) is 20.5. The lowest BCUT2D eigenvalue weighted by atomic mass is 9.84. The molecule has 2 aliphatic rings. The van der Waals surface area contributed by atoms with E-state index in [0.29, 0.717) is 25.9 Å². The molecule has 2 aliphatic heterocycles. The molecule has 30 heavy (non-hydrogen) atoms. The van der Waals surface area contributed by atoms with Gasteiger partial charge in [0.25, 0.3) is 5.24 Å². The lowest BCUT2D eigenvalue weighted by Gasteiger charge is -2.27. The second-order valence-electron chi connectivity index (χ2n) is 7.65. The molecule has 2 heterocycles. The molecule has 4 rings (SSSR count). The van der Waals surface area contributed by atoms with E-state index in [-0.39, 0.29) is 23.0 Å². The summed E-state index contributed by atoms with van der Waals surface area (Å²) in [5.74, 6) is 0.450. The van der Waals surface area contributed by atoms with Crippen LogP contribution in [-0.4, -0.2) is 28.9 Å². The normalized spacial score (nSPS) is 19.1. The zero-order valence-electron chi connectivity index (χ0n) is 16.8. The predicted molar refractivity (Wildman–Crippen MR) is 117 cm³/mol. The van der Waals surface area contributed by atoms with Gasteiger partial charge in [0.15, 0.2) is 0 Å². The molecule has 0 aliphatic carbocycles. The minimum absolute atomic E-state index is 0.00543. The van der Waals surface area contributed by atoms with E-state index < -0.39 is 5.25 Å². The van der Waals surface area contributed by atoms with Gasteiger partial charge in [0.05, 0.1) is 6.61 Å². The summed E-state index contributed by atoms with van der Waals surface area (Å²) >= 11 is 1.06. The first-order chi connectivity index (χ1) is 14.5. The fourth-order valence-electron chi connectivity index (χ4n) is 4.03. The lowest BCUT2D eigenvalue weighted by molar-refractivity contribution is -0.119. The van der Waals surface area contributed by atoms with Crippen molar-refractivity contribution in [3.63, 3.8) is 0 Å². The molecule has 2 unspecified atom stereocenters. The molecule has 1 saturated heterocycles. The van der Waals surface area contributed by atoms with Gasteiger partial charge in [-0.3, -0.25) is 19.7 Å². The average molecular weight is 425 g/mol. The minimum atomic E-state index is -0.471. The van der Waals surface area contributed by atoms with Crippen molar-refractivity contribution in [2.24, 2.45) is 0 Å². The van der Waals surface area contributed by atoms with Crippen LogP contribution < -0.4 is 15.4 Å². The Kier molecular flexibility index (Phi) is 6.08. The van der Waals surface area contributed by atoms with Crippen LogP contribution in [0.4, 0.5) is 10.5 Å². The van der Waals surface area contributed by atoms with Crippen LogP contribution in [-0.2, 0) is 16.0 Å². The van der Waals surface area contributed by atoms with Crippen molar-refractivity contribution in [3.8, 4) is 5.75 Å². The number of imide groups is 1. The third-order valence-electron chi connectivity index (χ3n) is 5.52. The van der Waals surface area contributed by atoms with Crippen LogP contribution in [0.5, 0.6) is 5.75 Å². The first-order valence-corrected chi connectivity index (χ1v) is 11.0. The number of nitrogens with one attached hydrogen (secondary N) is 2. The predicted octanol–water partition coefficient (Wildman–Crippen LogP) is 4.17. The summed E-state index contributed by atoms with van der Waals surface area (Å²) in [5, 5.41) is 4.56. The van der Waals surface area contributed by atoms with E-state index in [0.717, 1.165) is 40.7 Å². The fraction of sp³-hybridized carbons (Fsp3) is 0.348. The SMILES string of the molecule is Cc1ccc(OCCCC(c2cccc3c2CCC(=O)N3)C2SC(=O)NC2=O)cc1. The second-order valence-corrected chi connectivity index (χ2v) is 8.76. The average Bonchev–Trinajstić information content (AvgIpc) is 3.06. The molecule has 2 atom stereocenters. The summed E-state index contributed by atoms with van der Waals surface area (Å²) in [6.45, 7) is 2.56. The summed E-state index contributed by atoms with van der Waals surface area (Å²) in [5.41, 5.74) is 4.08. The molecule has 0 bridgehead atoms. The van der Waals surface area contributed by atoms with Crippen LogP contribution in [0.3, 0.4) is 0 Å². The Morgan fingerprint density at radius 1 is 1.07 bits per heavy atom. The highest BCUT2D eigenvalue weighted by molar-refractivity contribution is 8.15. The van der Waals surface area contributed by atoms with Gasteiger partial charge in [0.2, 0.25) is 11.8 Å². The standard InChI is InChI=1S/C23H24N2O4S/c1-14-7-9-15(10-8-14)29-13-3-5-18(21-22(27)25-23(28)30-21)16-4-2-6-19-17(16)11-12-20(26)24-19/h2,4,6-10,18,21H,3,5,11-13H2,1H3,(H,24,26)(H,25,27,28). The van der Waals surface area contributed by atoms with Crippen molar-refractivity contribution in [2.45, 2.75) is 43.8 Å². The van der Waals surface area contributed by atoms with Crippen molar-refractivity contribution in [1.82, 2.24) is 5.32 Å². The second kappa shape index (κ2) is 8.92. The van der Waals surface area contributed by atoms with Crippen LogP contribution in [0.2, 0.25) is 0 Å². The maximum absolute atomic E-state index is 12.5. The highest BCUT2D eigenvalue weighted by atomic mass is 32.2. The Morgan fingerprint density at radius 3 is 2.60 bits per heavy atom. The monoisotopic (exact) mass is 424 g/mol. The third-order valence-corrected chi connectivity index (χ3v) is 6.63. The number of hydrogen-bond acceptors (Lipinski definition) is 5. The zero-order valence-corrected chi connectivity index (χ0v) is 17.6. The minimum Gasteiger partial charge on any atom is -0.494 e. The van der Waals surface area contributed by atoms with Crippen LogP contribution in [0.25, 0.3) is 0 Å². The van der Waals surface area contributed by atoms with Crippen molar-refractivity contribution >= 4 is 34.5 Å². The molecule has 0 spiro atoms. The van der Waals surface area contributed by atoms with Crippen LogP contribution in [0.15, 0.2) is 42.5 Å². The largest absolute Gasteiger partial charge is 0.494 e. The number of aryl methyl sites for hydroxylation is 1. The number of thioether (sulfide) groups is 1. The highest BCUT2D eigenvalue weighted by Crippen LogP contribution is 2.40. The molecule has 0 radical (unpaired) electrons. The molecule has 3 amide bonds. The molecule has 2 aromatic rings. The van der Waals surface area contributed by atoms with Crippen LogP contribution in [0, 0.1) is 6.92 Å². The number of hydrogen-bond donors (Lipinski definition) is 2. The Morgan fingerprint density at radius 2 is 1.87 bits per heavy atom. The van der Waals surface area contributed by atoms with Crippen LogP contribution >= 0.6 is 11.8 Å². The van der Waals surface area contributed by atoms with Gasteiger partial charge in [-0.1, -0.05) is 41.6 Å². The van der Waals surface area contributed by atoms with Crippen molar-refractivity contribution < 1.29 is 19.1 Å². The topological polar surface area (TPSA) is 84.5 Å². The van der Waals surface area contributed by atoms with Gasteiger partial charge in [0.1, 0.15) is 11.0 Å². The van der Waals surface area contributed by atoms with E-state index in [4.69, 9.17) is 4.74 Å². The van der Waals surface area contributed by atoms with E-state index in [1.807, 2.05) is 49.4 Å². The van der Waals surface area contributed by atoms with Gasteiger partial charge in [-0.15, -0.1) is 0 Å². The summed E-state index contributed by atoms with van der Waals surface area (Å²) in [7, 11) is 0. The summed E-state index contributed by atoms with van der Waals surface area (Å²) in [6.07, 6.45) is 2.51. The fourth-order valence-corrected chi connectivity index (χ4v) is 5.04. The molecule has 7 heteroatoms. The molecule has 6 nitrogen and oxygen atoms in total. The van der Waals surface area contributed by atoms with Crippen LogP contribution in [0.1, 0.15) is 41.9 Å². The van der Waals surface area contributed by atoms with E-state index in [1.54, 1.807) is 0 Å². The van der Waals surface area contributed by atoms with Gasteiger partial charge >= 0.3 is 0 Å². The van der Waals surface area contributed by atoms with E-state index in [9.17, 15) is 14.4 Å². The lowest BCUT2D eigenvalue weighted by Crippen LogP contribution is -2.30. The van der Waals surface area contributed by atoms with Crippen molar-refractivity contribution in [1.29, 1.82) is 0 Å². The highest BCUT2D eigenvalue weighted by Gasteiger charge is 2.39. The van der Waals surface area contributed by atoms with Crippen molar-refractivity contribution in [3.05, 3.63) is 59.2 Å². The van der Waals surface area contributed by atoms with E-state index in [1.165, 1.54) is 5.56 Å². The maximum Gasteiger partial charge on any atom is 0.286 e. The molecule has 1 fully saturated rings. The number of amides is 3. The first-order valence-electron chi connectivity index (χ1n) is 10.1. The van der Waals surface area contributed by atoms with Gasteiger partial charge in [-0.05, 0) is 55.5 Å². The molecule has 156 valence electrons. The van der Waals surface area contributed by atoms with E-state index in [2.05, 4.69) is 10.6 Å². The van der Waals surface area contributed by atoms with E-state index >= 15 is 0 Å². The summed E-state index contributed by atoms with van der Waals surface area (Å²) in [6, 6.07) is 13.7. The van der Waals surface area contributed by atoms with Crippen molar-refractivity contribution in [2.75, 3.05) is 11.9 Å². The quantitative estimate of drug-likeness (QED) is 0.652. The smallest absolute Gasteiger partial charge is 0.286 e. The number of carbonyl (C=O) groups is 3. The summed E-state index contributed by atoms with van der Waals surface area (Å²) < 4.78 is 5.85. The Hall–Kier alpha value is -2.80. The number of fused-ring (bicyclic) bond motifs is 1. The molecule has 2 N–H and O–H groups in total. The number of rotatable bonds is 7. The molecule has 2 aromatic carbocycles. The van der Waals surface area contributed by atoms with Gasteiger partial charge in [-0.2, -0.15) is 0 Å². The Labute approximate surface area is 179 Å². The van der Waals surface area contributed by atoms with Gasteiger partial charge in [0, 0.05) is 18.0 Å². The molecular weight excluding hydrogens is 400 g/mol. The van der Waals surface area contributed by atoms with Gasteiger partial charge in [-0.25, -0.2) is 0 Å². The number of benzene rings is 2. The molecule has 0 saturated carbocycles. The molecule has 0 aromatic heterocycles. The molecular formula is C23H24N2O4S. The number of carbonyl (C=O) groups excluding carboxylic acids is 3.